The summed E-state index contributed by atoms with van der Waals surface area (Å²) in [6.07, 6.45) is 0.200. The van der Waals surface area contributed by atoms with Gasteiger partial charge in [-0.25, -0.2) is 0 Å². The van der Waals surface area contributed by atoms with Crippen molar-refractivity contribution in [2.24, 2.45) is 5.92 Å². The van der Waals surface area contributed by atoms with Crippen LogP contribution < -0.4 is 19.7 Å². The highest BCUT2D eigenvalue weighted by Crippen LogP contribution is 2.31. The Morgan fingerprint density at radius 3 is 2.67 bits per heavy atom. The van der Waals surface area contributed by atoms with Crippen LogP contribution in [0.2, 0.25) is 5.02 Å². The van der Waals surface area contributed by atoms with Gasteiger partial charge in [-0.2, -0.15) is 0 Å². The van der Waals surface area contributed by atoms with Crippen LogP contribution in [0.3, 0.4) is 0 Å². The quantitative estimate of drug-likeness (QED) is 0.820. The highest BCUT2D eigenvalue weighted by atomic mass is 35.5. The third kappa shape index (κ3) is 3.71. The summed E-state index contributed by atoms with van der Waals surface area (Å²) in [7, 11) is 0. The van der Waals surface area contributed by atoms with Crippen molar-refractivity contribution in [2.75, 3.05) is 24.6 Å². The molecule has 6 nitrogen and oxygen atoms in total. The Kier molecular flexibility index (Phi) is 4.90. The van der Waals surface area contributed by atoms with Gasteiger partial charge >= 0.3 is 0 Å². The number of nitrogens with one attached hydrogen (secondary N) is 1. The summed E-state index contributed by atoms with van der Waals surface area (Å²) in [6.45, 7) is 1.15. The second-order valence-electron chi connectivity index (χ2n) is 6.55. The highest BCUT2D eigenvalue weighted by molar-refractivity contribution is 6.30. The zero-order valence-corrected chi connectivity index (χ0v) is 15.3. The zero-order valence-electron chi connectivity index (χ0n) is 14.6. The minimum atomic E-state index is -0.683. The largest absolute Gasteiger partial charge is 0.486 e. The molecule has 2 aromatic rings. The third-order valence-electron chi connectivity index (χ3n) is 4.73. The average molecular weight is 387 g/mol. The minimum Gasteiger partial charge on any atom is -0.486 e. The molecule has 0 spiro atoms. The zero-order chi connectivity index (χ0) is 18.8. The van der Waals surface area contributed by atoms with E-state index in [0.717, 1.165) is 5.69 Å². The van der Waals surface area contributed by atoms with E-state index in [1.54, 1.807) is 29.2 Å². The van der Waals surface area contributed by atoms with E-state index in [1.807, 2.05) is 24.3 Å². The van der Waals surface area contributed by atoms with Crippen molar-refractivity contribution in [1.82, 2.24) is 5.32 Å². The van der Waals surface area contributed by atoms with Gasteiger partial charge < -0.3 is 19.7 Å². The molecule has 7 heteroatoms. The first-order valence-corrected chi connectivity index (χ1v) is 9.23. The van der Waals surface area contributed by atoms with Gasteiger partial charge in [-0.15, -0.1) is 0 Å². The molecule has 1 fully saturated rings. The lowest BCUT2D eigenvalue weighted by Gasteiger charge is -2.26. The Morgan fingerprint density at radius 1 is 1.15 bits per heavy atom. The lowest BCUT2D eigenvalue weighted by molar-refractivity contribution is -0.132. The number of fused-ring (bicyclic) bond motifs is 1. The first kappa shape index (κ1) is 17.7. The molecular weight excluding hydrogens is 368 g/mol. The molecule has 4 rings (SSSR count). The van der Waals surface area contributed by atoms with Crippen molar-refractivity contribution in [3.8, 4) is 11.5 Å². The Morgan fingerprint density at radius 2 is 1.89 bits per heavy atom. The van der Waals surface area contributed by atoms with Gasteiger partial charge in [0.2, 0.25) is 11.8 Å². The van der Waals surface area contributed by atoms with Gasteiger partial charge in [-0.05, 0) is 42.8 Å². The number of amides is 2. The van der Waals surface area contributed by atoms with Crippen molar-refractivity contribution < 1.29 is 19.1 Å². The van der Waals surface area contributed by atoms with E-state index in [9.17, 15) is 9.59 Å². The van der Waals surface area contributed by atoms with Crippen molar-refractivity contribution in [3.05, 3.63) is 53.6 Å². The second kappa shape index (κ2) is 7.48. The summed E-state index contributed by atoms with van der Waals surface area (Å²) in [5.74, 6) is 0.205. The van der Waals surface area contributed by atoms with Gasteiger partial charge in [-0.3, -0.25) is 9.59 Å². The Bertz CT molecular complexity index is 855. The molecular formula is C20H19ClN2O4. The lowest BCUT2D eigenvalue weighted by atomic mass is 10.1. The molecule has 2 unspecified atom stereocenters. The van der Waals surface area contributed by atoms with Crippen LogP contribution >= 0.6 is 11.6 Å². The molecule has 1 saturated heterocycles. The van der Waals surface area contributed by atoms with E-state index in [0.29, 0.717) is 36.1 Å². The van der Waals surface area contributed by atoms with Gasteiger partial charge in [0.25, 0.3) is 0 Å². The fraction of sp³-hybridized carbons (Fsp3) is 0.300. The van der Waals surface area contributed by atoms with Crippen LogP contribution in [0.4, 0.5) is 5.69 Å². The molecule has 0 aliphatic carbocycles. The number of carbonyl (C=O) groups excluding carboxylic acids is 2. The molecule has 2 aliphatic heterocycles. The van der Waals surface area contributed by atoms with Gasteiger partial charge in [0, 0.05) is 17.3 Å². The predicted octanol–water partition coefficient (Wildman–Crippen LogP) is 2.65. The number of hydrogen-bond acceptors (Lipinski definition) is 4. The number of hydrogen-bond donors (Lipinski definition) is 1. The first-order chi connectivity index (χ1) is 13.1. The normalized spacial score (nSPS) is 21.2. The summed E-state index contributed by atoms with van der Waals surface area (Å²) in [5, 5.41) is 3.43. The van der Waals surface area contributed by atoms with Gasteiger partial charge in [0.05, 0.1) is 6.54 Å². The van der Waals surface area contributed by atoms with E-state index in [1.165, 1.54) is 0 Å². The molecule has 1 N–H and O–H groups in total. The maximum atomic E-state index is 12.6. The average Bonchev–Trinajstić information content (AvgIpc) is 3.08. The SMILES string of the molecule is O=C(NCC1COc2ccccc2O1)C1CCN(c2ccc(Cl)cc2)C1=O. The number of ether oxygens (including phenoxy) is 2. The molecule has 0 bridgehead atoms. The Balaban J connectivity index is 1.33. The van der Waals surface area contributed by atoms with Gasteiger partial charge in [-0.1, -0.05) is 23.7 Å². The fourth-order valence-electron chi connectivity index (χ4n) is 3.30. The maximum Gasteiger partial charge on any atom is 0.239 e. The Hall–Kier alpha value is -2.73. The number of nitrogens with zero attached hydrogens (tertiary/aromatic N) is 1. The minimum absolute atomic E-state index is 0.194. The molecule has 27 heavy (non-hydrogen) atoms. The van der Waals surface area contributed by atoms with Crippen molar-refractivity contribution in [1.29, 1.82) is 0 Å². The van der Waals surface area contributed by atoms with Crippen LogP contribution in [-0.2, 0) is 9.59 Å². The highest BCUT2D eigenvalue weighted by Gasteiger charge is 2.37. The van der Waals surface area contributed by atoms with Crippen LogP contribution in [0.15, 0.2) is 48.5 Å². The lowest BCUT2D eigenvalue weighted by Crippen LogP contribution is -2.44. The number of anilines is 1. The third-order valence-corrected chi connectivity index (χ3v) is 4.98. The smallest absolute Gasteiger partial charge is 0.239 e. The predicted molar refractivity (Wildman–Crippen MR) is 101 cm³/mol. The van der Waals surface area contributed by atoms with Gasteiger partial charge in [0.1, 0.15) is 18.6 Å². The second-order valence-corrected chi connectivity index (χ2v) is 6.99. The number of para-hydroxylation sites is 2. The summed E-state index contributed by atoms with van der Waals surface area (Å²) in [6, 6.07) is 14.4. The summed E-state index contributed by atoms with van der Waals surface area (Å²) in [5.41, 5.74) is 0.750. The van der Waals surface area contributed by atoms with E-state index >= 15 is 0 Å². The molecule has 140 valence electrons. The molecule has 0 aromatic heterocycles. The molecule has 0 saturated carbocycles. The van der Waals surface area contributed by atoms with Crippen LogP contribution in [0, 0.1) is 5.92 Å². The van der Waals surface area contributed by atoms with E-state index in [2.05, 4.69) is 5.32 Å². The van der Waals surface area contributed by atoms with E-state index in [-0.39, 0.29) is 24.5 Å². The van der Waals surface area contributed by atoms with Crippen LogP contribution in [0.1, 0.15) is 6.42 Å². The molecule has 2 heterocycles. The monoisotopic (exact) mass is 386 g/mol. The van der Waals surface area contributed by atoms with Gasteiger partial charge in [0.15, 0.2) is 11.5 Å². The summed E-state index contributed by atoms with van der Waals surface area (Å²) >= 11 is 5.89. The fourth-order valence-corrected chi connectivity index (χ4v) is 3.43. The van der Waals surface area contributed by atoms with Crippen LogP contribution in [0.25, 0.3) is 0 Å². The number of benzene rings is 2. The van der Waals surface area contributed by atoms with E-state index in [4.69, 9.17) is 21.1 Å². The standard InChI is InChI=1S/C20H19ClN2O4/c21-13-5-7-14(8-6-13)23-10-9-16(20(23)25)19(24)22-11-15-12-26-17-3-1-2-4-18(17)27-15/h1-8,15-16H,9-12H2,(H,22,24). The first-order valence-electron chi connectivity index (χ1n) is 8.85. The van der Waals surface area contributed by atoms with Crippen molar-refractivity contribution in [2.45, 2.75) is 12.5 Å². The number of carbonyl (C=O) groups is 2. The van der Waals surface area contributed by atoms with Crippen LogP contribution in [0.5, 0.6) is 11.5 Å². The van der Waals surface area contributed by atoms with Crippen molar-refractivity contribution >= 4 is 29.1 Å². The molecule has 0 radical (unpaired) electrons. The van der Waals surface area contributed by atoms with E-state index < -0.39 is 5.92 Å². The molecule has 2 amide bonds. The maximum absolute atomic E-state index is 12.6. The van der Waals surface area contributed by atoms with Crippen molar-refractivity contribution in [3.63, 3.8) is 0 Å². The molecule has 2 aromatic carbocycles. The molecule has 2 aliphatic rings. The molecule has 2 atom stereocenters. The Labute approximate surface area is 162 Å². The topological polar surface area (TPSA) is 67.9 Å². The summed E-state index contributed by atoms with van der Waals surface area (Å²) in [4.78, 5) is 26.7. The number of halogens is 1. The summed E-state index contributed by atoms with van der Waals surface area (Å²) < 4.78 is 11.5. The number of rotatable bonds is 4. The van der Waals surface area contributed by atoms with Crippen LogP contribution in [-0.4, -0.2) is 37.6 Å².